The Morgan fingerprint density at radius 1 is 0.241 bits per heavy atom. The highest BCUT2D eigenvalue weighted by Gasteiger charge is 2.53. The lowest BCUT2D eigenvalue weighted by Crippen LogP contribution is -2.26. The smallest absolute Gasteiger partial charge is 0.164 e. The van der Waals surface area contributed by atoms with E-state index in [0.29, 0.717) is 17.5 Å². The average molecular weight is 1010 g/mol. The van der Waals surface area contributed by atoms with Gasteiger partial charge in [-0.1, -0.05) is 231 Å². The van der Waals surface area contributed by atoms with Crippen LogP contribution in [0.5, 0.6) is 0 Å². The molecule has 0 bridgehead atoms. The molecule has 79 heavy (non-hydrogen) atoms. The molecule has 11 aromatic carbocycles. The monoisotopic (exact) mass is 1010 g/mol. The van der Waals surface area contributed by atoms with E-state index >= 15 is 0 Å². The summed E-state index contributed by atoms with van der Waals surface area (Å²) >= 11 is 0. The summed E-state index contributed by atoms with van der Waals surface area (Å²) in [4.78, 5) is 21.4. The zero-order valence-electron chi connectivity index (χ0n) is 42.4. The number of pyridine rings is 1. The van der Waals surface area contributed by atoms with Gasteiger partial charge in [-0.3, -0.25) is 0 Å². The van der Waals surface area contributed by atoms with E-state index in [1.165, 1.54) is 38.8 Å². The van der Waals surface area contributed by atoms with Crippen LogP contribution in [0, 0.1) is 0 Å². The lowest BCUT2D eigenvalue weighted by molar-refractivity contribution is 0.668. The Kier molecular flexibility index (Phi) is 9.24. The molecule has 17 rings (SSSR count). The Morgan fingerprint density at radius 3 is 1.09 bits per heavy atom. The summed E-state index contributed by atoms with van der Waals surface area (Å²) in [5.41, 5.74) is 21.7. The van der Waals surface area contributed by atoms with Crippen LogP contribution < -0.4 is 0 Å². The third-order valence-electron chi connectivity index (χ3n) is 16.6. The molecule has 366 valence electrons. The number of benzene rings is 11. The van der Waals surface area contributed by atoms with Crippen molar-refractivity contribution >= 4 is 54.6 Å². The van der Waals surface area contributed by atoms with Gasteiger partial charge in [0.25, 0.3) is 0 Å². The number of fused-ring (bicyclic) bond motifs is 18. The van der Waals surface area contributed by atoms with Crippen LogP contribution in [0.2, 0.25) is 0 Å². The number of aromatic nitrogens is 4. The quantitative estimate of drug-likeness (QED) is 0.165. The fourth-order valence-corrected chi connectivity index (χ4v) is 13.2. The molecular formula is C73H42N4O2. The first-order valence-corrected chi connectivity index (χ1v) is 26.8. The molecule has 4 heterocycles. The predicted molar refractivity (Wildman–Crippen MR) is 319 cm³/mol. The van der Waals surface area contributed by atoms with Gasteiger partial charge in [0, 0.05) is 60.3 Å². The predicted octanol–water partition coefficient (Wildman–Crippen LogP) is 18.6. The molecule has 0 saturated heterocycles. The van der Waals surface area contributed by atoms with E-state index in [1.54, 1.807) is 0 Å². The van der Waals surface area contributed by atoms with Gasteiger partial charge in [0.1, 0.15) is 22.3 Å². The van der Waals surface area contributed by atoms with Gasteiger partial charge < -0.3 is 8.83 Å². The minimum absolute atomic E-state index is 0.506. The third kappa shape index (κ3) is 6.34. The van der Waals surface area contributed by atoms with Crippen molar-refractivity contribution in [3.63, 3.8) is 0 Å². The van der Waals surface area contributed by atoms with Gasteiger partial charge in [0.15, 0.2) is 17.5 Å². The number of hydrogen-bond donors (Lipinski definition) is 0. The van der Waals surface area contributed by atoms with Gasteiger partial charge in [-0.05, 0) is 79.7 Å². The van der Waals surface area contributed by atoms with Gasteiger partial charge in [-0.2, -0.15) is 0 Å². The van der Waals surface area contributed by atoms with Crippen molar-refractivity contribution in [3.05, 3.63) is 277 Å². The summed E-state index contributed by atoms with van der Waals surface area (Å²) in [6.07, 6.45) is 0. The molecule has 0 amide bonds. The molecule has 0 fully saturated rings. The summed E-state index contributed by atoms with van der Waals surface area (Å²) in [6.45, 7) is 0. The van der Waals surface area contributed by atoms with Crippen LogP contribution in [0.15, 0.2) is 264 Å². The number of hydrogen-bond acceptors (Lipinski definition) is 6. The van der Waals surface area contributed by atoms with E-state index < -0.39 is 5.41 Å². The fraction of sp³-hybridized carbons (Fsp3) is 0.0137. The van der Waals surface area contributed by atoms with E-state index in [2.05, 4.69) is 218 Å². The normalized spacial score (nSPS) is 12.9. The molecule has 2 aliphatic rings. The van der Waals surface area contributed by atoms with Crippen LogP contribution in [0.3, 0.4) is 0 Å². The van der Waals surface area contributed by atoms with Crippen molar-refractivity contribution in [2.75, 3.05) is 0 Å². The van der Waals surface area contributed by atoms with Crippen molar-refractivity contribution in [2.45, 2.75) is 5.41 Å². The van der Waals surface area contributed by atoms with Crippen molar-refractivity contribution in [2.24, 2.45) is 0 Å². The first kappa shape index (κ1) is 43.7. The molecule has 0 unspecified atom stereocenters. The Morgan fingerprint density at radius 2 is 0.595 bits per heavy atom. The molecule has 1 spiro atoms. The Balaban J connectivity index is 0.793. The Bertz CT molecular complexity index is 4790. The van der Waals surface area contributed by atoms with E-state index in [0.717, 1.165) is 111 Å². The Hall–Kier alpha value is -10.6. The largest absolute Gasteiger partial charge is 0.456 e. The zero-order chi connectivity index (χ0) is 51.8. The zero-order valence-corrected chi connectivity index (χ0v) is 42.4. The molecule has 6 nitrogen and oxygen atoms in total. The highest BCUT2D eigenvalue weighted by molar-refractivity contribution is 6.14. The van der Waals surface area contributed by atoms with Crippen LogP contribution in [-0.2, 0) is 5.41 Å². The van der Waals surface area contributed by atoms with Gasteiger partial charge in [0.05, 0.1) is 16.8 Å². The summed E-state index contributed by atoms with van der Waals surface area (Å²) < 4.78 is 12.5. The highest BCUT2D eigenvalue weighted by atomic mass is 16.3. The fourth-order valence-electron chi connectivity index (χ4n) is 13.2. The van der Waals surface area contributed by atoms with Crippen LogP contribution >= 0.6 is 0 Å². The Labute approximate surface area is 453 Å². The summed E-state index contributed by atoms with van der Waals surface area (Å²) in [5.74, 6) is 1.73. The van der Waals surface area contributed by atoms with Crippen LogP contribution in [-0.4, -0.2) is 19.9 Å². The summed E-state index contributed by atoms with van der Waals surface area (Å²) in [6, 6.07) is 90.1. The lowest BCUT2D eigenvalue weighted by atomic mass is 9.69. The third-order valence-corrected chi connectivity index (χ3v) is 16.6. The van der Waals surface area contributed by atoms with Crippen LogP contribution in [0.4, 0.5) is 0 Å². The van der Waals surface area contributed by atoms with Gasteiger partial charge in [-0.25, -0.2) is 19.9 Å². The molecule has 0 aliphatic heterocycles. The molecule has 2 aliphatic carbocycles. The SMILES string of the molecule is c1ccc2c(c1)-c1ccccc1C21c2ccccc2-c2nc(-c3ccc(-c4nc(-c5ccc(-c6cccc7oc8ccccc8c67)cc5)nc(-c5ccc(-c6cccc7oc8ccccc8c67)cc5)n4)cc3)c3ccccc3c21. The second-order valence-corrected chi connectivity index (χ2v) is 20.7. The summed E-state index contributed by atoms with van der Waals surface area (Å²) in [7, 11) is 0. The maximum atomic E-state index is 6.27. The topological polar surface area (TPSA) is 77.8 Å². The van der Waals surface area contributed by atoms with Crippen molar-refractivity contribution < 1.29 is 8.83 Å². The number of rotatable bonds is 6. The maximum Gasteiger partial charge on any atom is 0.164 e. The van der Waals surface area contributed by atoms with Gasteiger partial charge in [-0.15, -0.1) is 0 Å². The van der Waals surface area contributed by atoms with E-state index in [9.17, 15) is 0 Å². The van der Waals surface area contributed by atoms with E-state index in [1.807, 2.05) is 36.4 Å². The summed E-state index contributed by atoms with van der Waals surface area (Å²) in [5, 5.41) is 6.69. The van der Waals surface area contributed by atoms with Gasteiger partial charge in [0.2, 0.25) is 0 Å². The number of nitrogens with zero attached hydrogens (tertiary/aromatic N) is 4. The molecule has 15 aromatic rings. The van der Waals surface area contributed by atoms with Crippen LogP contribution in [0.1, 0.15) is 22.3 Å². The van der Waals surface area contributed by atoms with E-state index in [4.69, 9.17) is 28.8 Å². The van der Waals surface area contributed by atoms with E-state index in [-0.39, 0.29) is 0 Å². The minimum Gasteiger partial charge on any atom is -0.456 e. The second kappa shape index (κ2) is 16.7. The lowest BCUT2D eigenvalue weighted by Gasteiger charge is -2.31. The average Bonchev–Trinajstić information content (AvgIpc) is 2.60. The first-order valence-electron chi connectivity index (χ1n) is 26.8. The highest BCUT2D eigenvalue weighted by Crippen LogP contribution is 2.64. The molecule has 4 aromatic heterocycles. The van der Waals surface area contributed by atoms with Gasteiger partial charge >= 0.3 is 0 Å². The van der Waals surface area contributed by atoms with Crippen molar-refractivity contribution in [1.29, 1.82) is 0 Å². The molecule has 0 N–H and O–H groups in total. The first-order chi connectivity index (χ1) is 39.2. The minimum atomic E-state index is -0.506. The molecule has 0 radical (unpaired) electrons. The van der Waals surface area contributed by atoms with Crippen molar-refractivity contribution in [1.82, 2.24) is 19.9 Å². The number of furan rings is 2. The maximum absolute atomic E-state index is 6.27. The van der Waals surface area contributed by atoms with Crippen molar-refractivity contribution in [3.8, 4) is 90.1 Å². The van der Waals surface area contributed by atoms with Crippen LogP contribution in [0.25, 0.3) is 145 Å². The standard InChI is InChI=1S/C73H42N4O2/c1-2-18-54-53(17-1)67-69(55-19-5-10-26-60(55)73(67)58-24-8-3-15-51(58)52-16-4-9-25-59(52)73)74-68(54)45-35-41-48(42-36-45)72-76-70(46-37-31-43(32-38-46)49-22-13-29-63-65(49)56-20-6-11-27-61(56)78-63)75-71(77-72)47-39-33-44(34-40-47)50-23-14-30-64-66(50)57-21-7-12-28-62(57)79-64/h1-42H. The molecule has 0 saturated carbocycles. The second-order valence-electron chi connectivity index (χ2n) is 20.7. The molecular weight excluding hydrogens is 965 g/mol. The molecule has 6 heteroatoms. The molecule has 0 atom stereocenters. The number of para-hydroxylation sites is 2.